The van der Waals surface area contributed by atoms with Crippen molar-refractivity contribution >= 4 is 33.5 Å². The monoisotopic (exact) mass is 403 g/mol. The molecule has 1 aliphatic heterocycles. The van der Waals surface area contributed by atoms with Crippen LogP contribution in [0.5, 0.6) is 0 Å². The highest BCUT2D eigenvalue weighted by Crippen LogP contribution is 2.24. The number of aliphatic hydroxyl groups is 1. The second-order valence-electron chi connectivity index (χ2n) is 6.30. The summed E-state index contributed by atoms with van der Waals surface area (Å²) >= 11 is 5.81. The number of benzene rings is 1. The first kappa shape index (κ1) is 20.8. The van der Waals surface area contributed by atoms with E-state index < -0.39 is 28.3 Å². The Bertz CT molecular complexity index is 761. The van der Waals surface area contributed by atoms with Gasteiger partial charge >= 0.3 is 0 Å². The quantitative estimate of drug-likeness (QED) is 0.451. The molecule has 1 aromatic rings. The topological polar surface area (TPSA) is 130 Å². The molecule has 2 rings (SSSR count). The maximum atomic E-state index is 12.5. The number of nitrogens with one attached hydrogen (secondary N) is 1. The SMILES string of the molecule is CC(C(N)=O)C(O)NS(=O)(=O)N1CCC(C(=O)c2ccc(Cl)cc2)CC1. The summed E-state index contributed by atoms with van der Waals surface area (Å²) in [6, 6.07) is 6.58. The Morgan fingerprint density at radius 1 is 1.27 bits per heavy atom. The summed E-state index contributed by atoms with van der Waals surface area (Å²) in [6.07, 6.45) is -0.876. The van der Waals surface area contributed by atoms with E-state index in [1.165, 1.54) is 6.92 Å². The molecule has 2 unspecified atom stereocenters. The van der Waals surface area contributed by atoms with E-state index in [0.717, 1.165) is 4.31 Å². The fraction of sp³-hybridized carbons (Fsp3) is 0.500. The van der Waals surface area contributed by atoms with Gasteiger partial charge in [0.1, 0.15) is 6.23 Å². The van der Waals surface area contributed by atoms with Gasteiger partial charge in [-0.2, -0.15) is 17.4 Å². The minimum atomic E-state index is -3.98. The van der Waals surface area contributed by atoms with Gasteiger partial charge in [0.25, 0.3) is 10.2 Å². The average Bonchev–Trinajstić information content (AvgIpc) is 2.60. The summed E-state index contributed by atoms with van der Waals surface area (Å²) in [5, 5.41) is 10.3. The highest BCUT2D eigenvalue weighted by molar-refractivity contribution is 7.87. The number of hydrogen-bond donors (Lipinski definition) is 3. The summed E-state index contributed by atoms with van der Waals surface area (Å²) in [4.78, 5) is 23.5. The van der Waals surface area contributed by atoms with Crippen molar-refractivity contribution in [3.05, 3.63) is 34.9 Å². The van der Waals surface area contributed by atoms with Crippen LogP contribution in [0.15, 0.2) is 24.3 Å². The standard InChI is InChI=1S/C16H22ClN3O5S/c1-10(15(18)22)16(23)19-26(24,25)20-8-6-12(7-9-20)14(21)11-2-4-13(17)5-3-11/h2-5,10,12,16,19,23H,6-9H2,1H3,(H2,18,22). The maximum Gasteiger partial charge on any atom is 0.281 e. The van der Waals surface area contributed by atoms with Crippen LogP contribution in [-0.2, 0) is 15.0 Å². The molecule has 26 heavy (non-hydrogen) atoms. The molecule has 0 bridgehead atoms. The third-order valence-corrected chi connectivity index (χ3v) is 6.32. The fourth-order valence-electron chi connectivity index (χ4n) is 2.69. The van der Waals surface area contributed by atoms with Crippen molar-refractivity contribution in [2.75, 3.05) is 13.1 Å². The molecule has 2 atom stereocenters. The van der Waals surface area contributed by atoms with E-state index in [2.05, 4.69) is 0 Å². The number of ketones is 1. The molecule has 0 radical (unpaired) electrons. The van der Waals surface area contributed by atoms with Crippen LogP contribution in [0.2, 0.25) is 5.02 Å². The highest BCUT2D eigenvalue weighted by Gasteiger charge is 2.34. The molecule has 1 fully saturated rings. The molecule has 8 nitrogen and oxygen atoms in total. The fourth-order valence-corrected chi connectivity index (χ4v) is 4.17. The van der Waals surface area contributed by atoms with Gasteiger partial charge in [0.2, 0.25) is 5.91 Å². The first-order valence-corrected chi connectivity index (χ1v) is 9.98. The van der Waals surface area contributed by atoms with Crippen molar-refractivity contribution in [3.8, 4) is 0 Å². The lowest BCUT2D eigenvalue weighted by Crippen LogP contribution is -2.51. The molecule has 1 aliphatic rings. The molecule has 1 heterocycles. The van der Waals surface area contributed by atoms with Gasteiger partial charge < -0.3 is 10.8 Å². The highest BCUT2D eigenvalue weighted by atomic mass is 35.5. The first-order chi connectivity index (χ1) is 12.1. The molecule has 1 saturated heterocycles. The Kier molecular flexibility index (Phi) is 6.75. The summed E-state index contributed by atoms with van der Waals surface area (Å²) in [5.74, 6) is -2.20. The minimum absolute atomic E-state index is 0.0472. The number of aliphatic hydroxyl groups excluding tert-OH is 1. The van der Waals surface area contributed by atoms with Gasteiger partial charge in [0.15, 0.2) is 5.78 Å². The number of amides is 1. The second kappa shape index (κ2) is 8.45. The Balaban J connectivity index is 1.95. The van der Waals surface area contributed by atoms with Crippen molar-refractivity contribution in [3.63, 3.8) is 0 Å². The maximum absolute atomic E-state index is 12.5. The molecular weight excluding hydrogens is 382 g/mol. The largest absolute Gasteiger partial charge is 0.377 e. The minimum Gasteiger partial charge on any atom is -0.377 e. The predicted molar refractivity (Wildman–Crippen MR) is 96.5 cm³/mol. The zero-order chi connectivity index (χ0) is 19.5. The number of halogens is 1. The third kappa shape index (κ3) is 5.01. The molecule has 0 spiro atoms. The van der Waals surface area contributed by atoms with E-state index in [4.69, 9.17) is 17.3 Å². The van der Waals surface area contributed by atoms with Crippen LogP contribution in [0.3, 0.4) is 0 Å². The average molecular weight is 404 g/mol. The second-order valence-corrected chi connectivity index (χ2v) is 8.44. The normalized spacial score (nSPS) is 19.0. The first-order valence-electron chi connectivity index (χ1n) is 8.16. The van der Waals surface area contributed by atoms with Crippen LogP contribution in [-0.4, -0.2) is 48.8 Å². The number of hydrogen-bond acceptors (Lipinski definition) is 5. The summed E-state index contributed by atoms with van der Waals surface area (Å²) in [6.45, 7) is 1.60. The van der Waals surface area contributed by atoms with Crippen molar-refractivity contribution < 1.29 is 23.1 Å². The summed E-state index contributed by atoms with van der Waals surface area (Å²) in [5.41, 5.74) is 5.60. The van der Waals surface area contributed by atoms with Crippen LogP contribution in [0.1, 0.15) is 30.1 Å². The smallest absolute Gasteiger partial charge is 0.281 e. The van der Waals surface area contributed by atoms with Gasteiger partial charge in [-0.25, -0.2) is 0 Å². The van der Waals surface area contributed by atoms with Crippen molar-refractivity contribution in [2.24, 2.45) is 17.6 Å². The van der Waals surface area contributed by atoms with Gasteiger partial charge in [-0.3, -0.25) is 9.59 Å². The molecule has 1 aromatic carbocycles. The lowest BCUT2D eigenvalue weighted by Gasteiger charge is -2.31. The number of Topliss-reactive ketones (excluding diaryl/α,β-unsaturated/α-hetero) is 1. The van der Waals surface area contributed by atoms with Gasteiger partial charge in [-0.05, 0) is 44.0 Å². The Labute approximate surface area is 157 Å². The third-order valence-electron chi connectivity index (χ3n) is 4.49. The van der Waals surface area contributed by atoms with Crippen molar-refractivity contribution in [1.82, 2.24) is 9.03 Å². The molecule has 4 N–H and O–H groups in total. The molecule has 1 amide bonds. The zero-order valence-corrected chi connectivity index (χ0v) is 15.8. The number of piperidine rings is 1. The number of carbonyl (C=O) groups excluding carboxylic acids is 2. The molecule has 0 aliphatic carbocycles. The number of nitrogens with two attached hydrogens (primary N) is 1. The lowest BCUT2D eigenvalue weighted by molar-refractivity contribution is -0.124. The number of rotatable bonds is 7. The van der Waals surface area contributed by atoms with Crippen LogP contribution < -0.4 is 10.5 Å². The molecule has 0 aromatic heterocycles. The zero-order valence-electron chi connectivity index (χ0n) is 14.3. The Hall–Kier alpha value is -1.52. The van der Waals surface area contributed by atoms with Gasteiger partial charge in [-0.1, -0.05) is 11.6 Å². The Morgan fingerprint density at radius 3 is 2.31 bits per heavy atom. The van der Waals surface area contributed by atoms with E-state index in [1.807, 2.05) is 4.72 Å². The van der Waals surface area contributed by atoms with Gasteiger partial charge in [-0.15, -0.1) is 0 Å². The summed E-state index contributed by atoms with van der Waals surface area (Å²) in [7, 11) is -3.98. The van der Waals surface area contributed by atoms with Crippen LogP contribution in [0.4, 0.5) is 0 Å². The summed E-state index contributed by atoms with van der Waals surface area (Å²) < 4.78 is 27.8. The lowest BCUT2D eigenvalue weighted by atomic mass is 9.90. The van der Waals surface area contributed by atoms with E-state index in [9.17, 15) is 23.1 Å². The molecule has 144 valence electrons. The number of primary amides is 1. The van der Waals surface area contributed by atoms with E-state index in [0.29, 0.717) is 23.4 Å². The Morgan fingerprint density at radius 2 is 1.81 bits per heavy atom. The van der Waals surface area contributed by atoms with Gasteiger partial charge in [0, 0.05) is 29.6 Å². The van der Waals surface area contributed by atoms with Crippen LogP contribution in [0.25, 0.3) is 0 Å². The molecule has 0 saturated carbocycles. The molecular formula is C16H22ClN3O5S. The van der Waals surface area contributed by atoms with Gasteiger partial charge in [0.05, 0.1) is 5.92 Å². The van der Waals surface area contributed by atoms with Crippen LogP contribution >= 0.6 is 11.6 Å². The number of carbonyl (C=O) groups is 2. The van der Waals surface area contributed by atoms with E-state index >= 15 is 0 Å². The van der Waals surface area contributed by atoms with Crippen molar-refractivity contribution in [1.29, 1.82) is 0 Å². The van der Waals surface area contributed by atoms with Crippen LogP contribution in [0, 0.1) is 11.8 Å². The predicted octanol–water partition coefficient (Wildman–Crippen LogP) is 0.509. The van der Waals surface area contributed by atoms with Crippen molar-refractivity contribution in [2.45, 2.75) is 26.0 Å². The molecule has 10 heteroatoms. The van der Waals surface area contributed by atoms with E-state index in [-0.39, 0.29) is 24.8 Å². The van der Waals surface area contributed by atoms with E-state index in [1.54, 1.807) is 24.3 Å². The number of nitrogens with zero attached hydrogens (tertiary/aromatic N) is 1.